The van der Waals surface area contributed by atoms with Gasteiger partial charge in [0.1, 0.15) is 0 Å². The molecule has 21 heavy (non-hydrogen) atoms. The molecule has 114 valence electrons. The van der Waals surface area contributed by atoms with Gasteiger partial charge in [0.2, 0.25) is 5.91 Å². The maximum atomic E-state index is 11.7. The van der Waals surface area contributed by atoms with Gasteiger partial charge in [-0.1, -0.05) is 29.8 Å². The van der Waals surface area contributed by atoms with Crippen LogP contribution in [0.1, 0.15) is 18.4 Å². The molecule has 1 amide bonds. The number of thioether (sulfide) groups is 1. The topological polar surface area (TPSA) is 38.3 Å². The van der Waals surface area contributed by atoms with Gasteiger partial charge in [0, 0.05) is 41.9 Å². The molecule has 0 saturated carbocycles. The van der Waals surface area contributed by atoms with Crippen molar-refractivity contribution in [1.82, 2.24) is 5.32 Å². The maximum Gasteiger partial charge on any atom is 0.244 e. The van der Waals surface area contributed by atoms with E-state index in [0.29, 0.717) is 16.8 Å². The summed E-state index contributed by atoms with van der Waals surface area (Å²) in [5.74, 6) is 0.860. The molecule has 5 heteroatoms. The van der Waals surface area contributed by atoms with E-state index in [9.17, 15) is 4.79 Å². The molecule has 3 nitrogen and oxygen atoms in total. The first-order chi connectivity index (χ1) is 10.3. The number of carbonyl (C=O) groups is 1. The lowest BCUT2D eigenvalue weighted by Gasteiger charge is -2.21. The summed E-state index contributed by atoms with van der Waals surface area (Å²) in [4.78, 5) is 11.7. The maximum absolute atomic E-state index is 11.7. The molecule has 2 rings (SSSR count). The van der Waals surface area contributed by atoms with Gasteiger partial charge in [-0.2, -0.15) is 11.8 Å². The second kappa shape index (κ2) is 9.13. The Bertz CT molecular complexity index is 487. The summed E-state index contributed by atoms with van der Waals surface area (Å²) in [6.07, 6.45) is 5.50. The molecule has 0 spiro atoms. The van der Waals surface area contributed by atoms with Crippen molar-refractivity contribution >= 4 is 35.3 Å². The molecule has 0 bridgehead atoms. The standard InChI is InChI=1S/C16H20ClNO2S/c17-15-4-2-1-3-13(15)5-6-16(19)18-9-12-21-14-7-10-20-11-8-14/h1-6,14H,7-12H2,(H,18,19)/b6-5+. The third-order valence-electron chi connectivity index (χ3n) is 3.24. The van der Waals surface area contributed by atoms with Crippen molar-refractivity contribution in [1.29, 1.82) is 0 Å². The second-order valence-electron chi connectivity index (χ2n) is 4.83. The Morgan fingerprint density at radius 1 is 1.38 bits per heavy atom. The summed E-state index contributed by atoms with van der Waals surface area (Å²) in [7, 11) is 0. The van der Waals surface area contributed by atoms with Gasteiger partial charge in [0.05, 0.1) is 0 Å². The summed E-state index contributed by atoms with van der Waals surface area (Å²) >= 11 is 7.94. The molecule has 1 aromatic carbocycles. The van der Waals surface area contributed by atoms with Crippen LogP contribution in [0.3, 0.4) is 0 Å². The predicted molar refractivity (Wildman–Crippen MR) is 89.8 cm³/mol. The van der Waals surface area contributed by atoms with Crippen molar-refractivity contribution in [3.05, 3.63) is 40.9 Å². The Labute approximate surface area is 135 Å². The van der Waals surface area contributed by atoms with E-state index in [4.69, 9.17) is 16.3 Å². The zero-order valence-corrected chi connectivity index (χ0v) is 13.5. The van der Waals surface area contributed by atoms with E-state index in [-0.39, 0.29) is 5.91 Å². The van der Waals surface area contributed by atoms with Crippen molar-refractivity contribution in [2.24, 2.45) is 0 Å². The highest BCUT2D eigenvalue weighted by Crippen LogP contribution is 2.21. The van der Waals surface area contributed by atoms with Crippen LogP contribution >= 0.6 is 23.4 Å². The SMILES string of the molecule is O=C(/C=C/c1ccccc1Cl)NCCSC1CCOCC1. The molecule has 0 aromatic heterocycles. The number of nitrogens with one attached hydrogen (secondary N) is 1. The summed E-state index contributed by atoms with van der Waals surface area (Å²) < 4.78 is 5.32. The van der Waals surface area contributed by atoms with E-state index in [1.807, 2.05) is 36.0 Å². The van der Waals surface area contributed by atoms with Crippen LogP contribution < -0.4 is 5.32 Å². The van der Waals surface area contributed by atoms with E-state index < -0.39 is 0 Å². The molecule has 1 aromatic rings. The van der Waals surface area contributed by atoms with Crippen LogP contribution in [0.25, 0.3) is 6.08 Å². The molecule has 0 aliphatic carbocycles. The first kappa shape index (κ1) is 16.4. The molecular weight excluding hydrogens is 306 g/mol. The smallest absolute Gasteiger partial charge is 0.244 e. The predicted octanol–water partition coefficient (Wildman–Crippen LogP) is 3.38. The van der Waals surface area contributed by atoms with Gasteiger partial charge in [0.25, 0.3) is 0 Å². The Morgan fingerprint density at radius 3 is 2.90 bits per heavy atom. The van der Waals surface area contributed by atoms with Crippen LogP contribution in [0.2, 0.25) is 5.02 Å². The second-order valence-corrected chi connectivity index (χ2v) is 6.64. The van der Waals surface area contributed by atoms with Crippen LogP contribution in [0.15, 0.2) is 30.3 Å². The average molecular weight is 326 g/mol. The number of ether oxygens (including phenoxy) is 1. The summed E-state index contributed by atoms with van der Waals surface area (Å²) in [6.45, 7) is 2.42. The lowest BCUT2D eigenvalue weighted by Crippen LogP contribution is -2.25. The molecule has 1 fully saturated rings. The van der Waals surface area contributed by atoms with Crippen LogP contribution in [0, 0.1) is 0 Å². The number of hydrogen-bond acceptors (Lipinski definition) is 3. The van der Waals surface area contributed by atoms with Crippen LogP contribution in [0.4, 0.5) is 0 Å². The largest absolute Gasteiger partial charge is 0.381 e. The summed E-state index contributed by atoms with van der Waals surface area (Å²) in [5.41, 5.74) is 0.853. The zero-order chi connectivity index (χ0) is 14.9. The fourth-order valence-corrected chi connectivity index (χ4v) is 3.35. The number of halogens is 1. The minimum atomic E-state index is -0.0810. The van der Waals surface area contributed by atoms with Crippen molar-refractivity contribution in [2.45, 2.75) is 18.1 Å². The van der Waals surface area contributed by atoms with Gasteiger partial charge >= 0.3 is 0 Å². The number of hydrogen-bond donors (Lipinski definition) is 1. The first-order valence-corrected chi connectivity index (χ1v) is 8.58. The fourth-order valence-electron chi connectivity index (χ4n) is 2.08. The molecule has 1 heterocycles. The van der Waals surface area contributed by atoms with Crippen LogP contribution in [-0.4, -0.2) is 36.7 Å². The highest BCUT2D eigenvalue weighted by atomic mass is 35.5. The van der Waals surface area contributed by atoms with Crippen LogP contribution in [-0.2, 0) is 9.53 Å². The van der Waals surface area contributed by atoms with E-state index in [1.165, 1.54) is 6.08 Å². The van der Waals surface area contributed by atoms with Crippen molar-refractivity contribution < 1.29 is 9.53 Å². The van der Waals surface area contributed by atoms with Crippen molar-refractivity contribution in [2.75, 3.05) is 25.5 Å². The highest BCUT2D eigenvalue weighted by molar-refractivity contribution is 7.99. The summed E-state index contributed by atoms with van der Waals surface area (Å²) in [5, 5.41) is 4.22. The van der Waals surface area contributed by atoms with E-state index in [2.05, 4.69) is 5.32 Å². The molecule has 1 saturated heterocycles. The third kappa shape index (κ3) is 6.12. The van der Waals surface area contributed by atoms with Gasteiger partial charge in [0.15, 0.2) is 0 Å². The van der Waals surface area contributed by atoms with Gasteiger partial charge < -0.3 is 10.1 Å². The Kier molecular flexibility index (Phi) is 7.13. The first-order valence-electron chi connectivity index (χ1n) is 7.15. The van der Waals surface area contributed by atoms with E-state index in [1.54, 1.807) is 6.08 Å². The van der Waals surface area contributed by atoms with Crippen molar-refractivity contribution in [3.63, 3.8) is 0 Å². The number of rotatable bonds is 6. The van der Waals surface area contributed by atoms with E-state index >= 15 is 0 Å². The molecular formula is C16H20ClNO2S. The average Bonchev–Trinajstić information content (AvgIpc) is 2.52. The van der Waals surface area contributed by atoms with Gasteiger partial charge in [-0.15, -0.1) is 0 Å². The van der Waals surface area contributed by atoms with Gasteiger partial charge in [-0.05, 0) is 30.5 Å². The Morgan fingerprint density at radius 2 is 2.14 bits per heavy atom. The van der Waals surface area contributed by atoms with Gasteiger partial charge in [-0.3, -0.25) is 4.79 Å². The number of carbonyl (C=O) groups excluding carboxylic acids is 1. The minimum absolute atomic E-state index is 0.0810. The molecule has 0 atom stereocenters. The molecule has 0 unspecified atom stereocenters. The highest BCUT2D eigenvalue weighted by Gasteiger charge is 2.13. The Balaban J connectivity index is 1.64. The zero-order valence-electron chi connectivity index (χ0n) is 11.9. The lowest BCUT2D eigenvalue weighted by molar-refractivity contribution is -0.116. The van der Waals surface area contributed by atoms with Crippen LogP contribution in [0.5, 0.6) is 0 Å². The quantitative estimate of drug-likeness (QED) is 0.643. The van der Waals surface area contributed by atoms with Crippen molar-refractivity contribution in [3.8, 4) is 0 Å². The number of amides is 1. The molecule has 1 N–H and O–H groups in total. The number of benzene rings is 1. The molecule has 0 radical (unpaired) electrons. The summed E-state index contributed by atoms with van der Waals surface area (Å²) in [6, 6.07) is 7.46. The third-order valence-corrected chi connectivity index (χ3v) is 4.97. The lowest BCUT2D eigenvalue weighted by atomic mass is 10.2. The molecule has 1 aliphatic rings. The monoisotopic (exact) mass is 325 g/mol. The van der Waals surface area contributed by atoms with E-state index in [0.717, 1.165) is 37.4 Å². The normalized spacial score (nSPS) is 16.2. The fraction of sp³-hybridized carbons (Fsp3) is 0.438. The van der Waals surface area contributed by atoms with Gasteiger partial charge in [-0.25, -0.2) is 0 Å². The molecule has 1 aliphatic heterocycles. The minimum Gasteiger partial charge on any atom is -0.381 e. The Hall–Kier alpha value is -0.970.